The number of urea groups is 1. The van der Waals surface area contributed by atoms with Crippen molar-refractivity contribution in [3.05, 3.63) is 0 Å². The Labute approximate surface area is 113 Å². The molecule has 0 rings (SSSR count). The van der Waals surface area contributed by atoms with E-state index in [0.29, 0.717) is 19.4 Å². The molecule has 110 valence electrons. The fraction of sp³-hybridized carbons (Fsp3) is 0.750. The van der Waals surface area contributed by atoms with E-state index in [2.05, 4.69) is 16.0 Å². The minimum Gasteiger partial charge on any atom is -0.481 e. The smallest absolute Gasteiger partial charge is 0.315 e. The Bertz CT molecular complexity index is 320. The lowest BCUT2D eigenvalue weighted by Crippen LogP contribution is -2.50. The third kappa shape index (κ3) is 8.87. The van der Waals surface area contributed by atoms with Crippen LogP contribution >= 0.6 is 0 Å². The molecule has 0 aromatic heterocycles. The standard InChI is InChI=1S/C12H23N3O4/c1-4-13-11(18)9(3)15-12(19)14-8(2)6-5-7-10(16)17/h8-9H,4-7H2,1-3H3,(H,13,18)(H,16,17)(H2,14,15,19). The molecule has 2 unspecified atom stereocenters. The van der Waals surface area contributed by atoms with Gasteiger partial charge in [-0.3, -0.25) is 9.59 Å². The highest BCUT2D eigenvalue weighted by atomic mass is 16.4. The molecule has 0 saturated heterocycles. The van der Waals surface area contributed by atoms with E-state index in [1.165, 1.54) is 0 Å². The van der Waals surface area contributed by atoms with Crippen LogP contribution in [0.4, 0.5) is 4.79 Å². The first-order valence-electron chi connectivity index (χ1n) is 6.43. The Morgan fingerprint density at radius 1 is 1.16 bits per heavy atom. The highest BCUT2D eigenvalue weighted by Crippen LogP contribution is 2.00. The van der Waals surface area contributed by atoms with Crippen LogP contribution in [0, 0.1) is 0 Å². The van der Waals surface area contributed by atoms with Crippen molar-refractivity contribution in [2.24, 2.45) is 0 Å². The third-order valence-corrected chi connectivity index (χ3v) is 2.50. The monoisotopic (exact) mass is 273 g/mol. The van der Waals surface area contributed by atoms with Crippen molar-refractivity contribution in [1.29, 1.82) is 0 Å². The molecule has 0 radical (unpaired) electrons. The van der Waals surface area contributed by atoms with Gasteiger partial charge in [0.2, 0.25) is 5.91 Å². The highest BCUT2D eigenvalue weighted by Gasteiger charge is 2.15. The molecule has 2 atom stereocenters. The normalized spacial score (nSPS) is 13.2. The number of aliphatic carboxylic acids is 1. The first-order chi connectivity index (χ1) is 8.86. The second-order valence-electron chi connectivity index (χ2n) is 4.42. The van der Waals surface area contributed by atoms with Gasteiger partial charge < -0.3 is 21.1 Å². The van der Waals surface area contributed by atoms with Crippen LogP contribution < -0.4 is 16.0 Å². The number of carbonyl (C=O) groups excluding carboxylic acids is 2. The van der Waals surface area contributed by atoms with Crippen molar-refractivity contribution in [1.82, 2.24) is 16.0 Å². The van der Waals surface area contributed by atoms with Crippen LogP contribution in [0.1, 0.15) is 40.0 Å². The summed E-state index contributed by atoms with van der Waals surface area (Å²) in [4.78, 5) is 33.3. The lowest BCUT2D eigenvalue weighted by molar-refractivity contribution is -0.137. The van der Waals surface area contributed by atoms with Crippen LogP contribution in [-0.2, 0) is 9.59 Å². The Morgan fingerprint density at radius 2 is 1.79 bits per heavy atom. The van der Waals surface area contributed by atoms with E-state index >= 15 is 0 Å². The van der Waals surface area contributed by atoms with Crippen molar-refractivity contribution < 1.29 is 19.5 Å². The fourth-order valence-electron chi connectivity index (χ4n) is 1.49. The van der Waals surface area contributed by atoms with E-state index in [0.717, 1.165) is 0 Å². The van der Waals surface area contributed by atoms with Gasteiger partial charge in [-0.25, -0.2) is 4.79 Å². The van der Waals surface area contributed by atoms with Crippen LogP contribution in [0.15, 0.2) is 0 Å². The first-order valence-corrected chi connectivity index (χ1v) is 6.43. The van der Waals surface area contributed by atoms with Crippen molar-refractivity contribution in [2.75, 3.05) is 6.54 Å². The Hall–Kier alpha value is -1.79. The maximum absolute atomic E-state index is 11.6. The summed E-state index contributed by atoms with van der Waals surface area (Å²) >= 11 is 0. The number of rotatable bonds is 8. The van der Waals surface area contributed by atoms with Gasteiger partial charge in [-0.2, -0.15) is 0 Å². The second kappa shape index (κ2) is 9.18. The molecule has 0 aromatic carbocycles. The summed E-state index contributed by atoms with van der Waals surface area (Å²) in [6.45, 7) is 5.70. The predicted octanol–water partition coefficient (Wildman–Crippen LogP) is 0.454. The summed E-state index contributed by atoms with van der Waals surface area (Å²) in [5.74, 6) is -1.09. The third-order valence-electron chi connectivity index (χ3n) is 2.50. The SMILES string of the molecule is CCNC(=O)C(C)NC(=O)NC(C)CCCC(=O)O. The maximum atomic E-state index is 11.6. The van der Waals surface area contributed by atoms with E-state index in [9.17, 15) is 14.4 Å². The second-order valence-corrected chi connectivity index (χ2v) is 4.42. The zero-order valence-electron chi connectivity index (χ0n) is 11.7. The molecule has 0 fully saturated rings. The molecule has 0 aliphatic rings. The molecule has 7 nitrogen and oxygen atoms in total. The van der Waals surface area contributed by atoms with Gasteiger partial charge in [0.05, 0.1) is 0 Å². The van der Waals surface area contributed by atoms with Crippen LogP contribution in [-0.4, -0.2) is 41.6 Å². The average molecular weight is 273 g/mol. The Balaban J connectivity index is 3.89. The largest absolute Gasteiger partial charge is 0.481 e. The molecule has 0 aliphatic heterocycles. The predicted molar refractivity (Wildman–Crippen MR) is 70.8 cm³/mol. The van der Waals surface area contributed by atoms with E-state index in [4.69, 9.17) is 5.11 Å². The number of hydrogen-bond donors (Lipinski definition) is 4. The number of carbonyl (C=O) groups is 3. The van der Waals surface area contributed by atoms with E-state index < -0.39 is 18.0 Å². The average Bonchev–Trinajstić information content (AvgIpc) is 2.28. The topological polar surface area (TPSA) is 108 Å². The zero-order chi connectivity index (χ0) is 14.8. The van der Waals surface area contributed by atoms with Gasteiger partial charge in [0.1, 0.15) is 6.04 Å². The molecule has 3 amide bonds. The first kappa shape index (κ1) is 17.2. The van der Waals surface area contributed by atoms with E-state index in [1.54, 1.807) is 20.8 Å². The molecule has 7 heteroatoms. The highest BCUT2D eigenvalue weighted by molar-refractivity contribution is 5.86. The van der Waals surface area contributed by atoms with Crippen molar-refractivity contribution in [3.8, 4) is 0 Å². The van der Waals surface area contributed by atoms with Gasteiger partial charge in [0, 0.05) is 19.0 Å². The van der Waals surface area contributed by atoms with Crippen LogP contribution in [0.2, 0.25) is 0 Å². The summed E-state index contributed by atoms with van der Waals surface area (Å²) in [6.07, 6.45) is 1.17. The molecule has 0 saturated carbocycles. The summed E-state index contributed by atoms with van der Waals surface area (Å²) in [6, 6.07) is -1.17. The molecule has 0 bridgehead atoms. The van der Waals surface area contributed by atoms with E-state index in [-0.39, 0.29) is 18.4 Å². The zero-order valence-corrected chi connectivity index (χ0v) is 11.7. The molecule has 0 aliphatic carbocycles. The molecule has 0 heterocycles. The molecular formula is C12H23N3O4. The molecular weight excluding hydrogens is 250 g/mol. The molecule has 0 aromatic rings. The summed E-state index contributed by atoms with van der Waals surface area (Å²) < 4.78 is 0. The number of carboxylic acid groups (broad SMARTS) is 1. The minimum atomic E-state index is -0.846. The van der Waals surface area contributed by atoms with Crippen LogP contribution in [0.5, 0.6) is 0 Å². The van der Waals surface area contributed by atoms with Crippen molar-refractivity contribution in [2.45, 2.75) is 52.1 Å². The maximum Gasteiger partial charge on any atom is 0.315 e. The van der Waals surface area contributed by atoms with Crippen molar-refractivity contribution in [3.63, 3.8) is 0 Å². The molecule has 0 spiro atoms. The molecule has 4 N–H and O–H groups in total. The fourth-order valence-corrected chi connectivity index (χ4v) is 1.49. The quantitative estimate of drug-likeness (QED) is 0.515. The number of nitrogens with one attached hydrogen (secondary N) is 3. The number of amides is 3. The van der Waals surface area contributed by atoms with Gasteiger partial charge >= 0.3 is 12.0 Å². The van der Waals surface area contributed by atoms with Crippen molar-refractivity contribution >= 4 is 17.9 Å². The van der Waals surface area contributed by atoms with Gasteiger partial charge in [-0.15, -0.1) is 0 Å². The van der Waals surface area contributed by atoms with Gasteiger partial charge in [0.15, 0.2) is 0 Å². The Kier molecular flexibility index (Phi) is 8.32. The molecule has 19 heavy (non-hydrogen) atoms. The summed E-state index contributed by atoms with van der Waals surface area (Å²) in [5.41, 5.74) is 0. The number of likely N-dealkylation sites (N-methyl/N-ethyl adjacent to an activating group) is 1. The number of carboxylic acids is 1. The van der Waals surface area contributed by atoms with Gasteiger partial charge in [-0.1, -0.05) is 0 Å². The lowest BCUT2D eigenvalue weighted by Gasteiger charge is -2.17. The van der Waals surface area contributed by atoms with Gasteiger partial charge in [0.25, 0.3) is 0 Å². The minimum absolute atomic E-state index is 0.0863. The number of hydrogen-bond acceptors (Lipinski definition) is 3. The summed E-state index contributed by atoms with van der Waals surface area (Å²) in [5, 5.41) is 16.3. The lowest BCUT2D eigenvalue weighted by atomic mass is 10.1. The van der Waals surface area contributed by atoms with E-state index in [1.807, 2.05) is 0 Å². The van der Waals surface area contributed by atoms with Crippen LogP contribution in [0.3, 0.4) is 0 Å². The van der Waals surface area contributed by atoms with Crippen LogP contribution in [0.25, 0.3) is 0 Å². The Morgan fingerprint density at radius 3 is 2.32 bits per heavy atom. The summed E-state index contributed by atoms with van der Waals surface area (Å²) in [7, 11) is 0. The van der Waals surface area contributed by atoms with Gasteiger partial charge in [-0.05, 0) is 33.6 Å².